The largest absolute Gasteiger partial charge is 0.491 e. The van der Waals surface area contributed by atoms with Crippen LogP contribution in [-0.4, -0.2) is 105 Å². The third-order valence-corrected chi connectivity index (χ3v) is 8.24. The van der Waals surface area contributed by atoms with E-state index in [1.807, 2.05) is 54.6 Å². The van der Waals surface area contributed by atoms with Crippen LogP contribution in [0.15, 0.2) is 66.9 Å². The molecule has 0 bridgehead atoms. The van der Waals surface area contributed by atoms with E-state index in [9.17, 15) is 19.2 Å². The van der Waals surface area contributed by atoms with Gasteiger partial charge in [0.25, 0.3) is 11.8 Å². The Bertz CT molecular complexity index is 1970. The van der Waals surface area contributed by atoms with Gasteiger partial charge in [0.15, 0.2) is 0 Å². The Hall–Kier alpha value is -5.70. The zero-order valence-electron chi connectivity index (χ0n) is 28.6. The summed E-state index contributed by atoms with van der Waals surface area (Å²) in [7, 11) is 1.59. The van der Waals surface area contributed by atoms with E-state index in [1.54, 1.807) is 19.4 Å². The van der Waals surface area contributed by atoms with Gasteiger partial charge in [-0.25, -0.2) is 9.97 Å². The molecule has 14 heteroatoms. The van der Waals surface area contributed by atoms with Gasteiger partial charge in [-0.1, -0.05) is 12.1 Å². The van der Waals surface area contributed by atoms with Gasteiger partial charge in [0.05, 0.1) is 69.1 Å². The minimum atomic E-state index is -1.01. The molecule has 1 unspecified atom stereocenters. The molecule has 2 aromatic heterocycles. The van der Waals surface area contributed by atoms with Gasteiger partial charge in [-0.05, 0) is 66.6 Å². The third kappa shape index (κ3) is 9.15. The number of nitrogens with one attached hydrogen (secondary N) is 1. The lowest BCUT2D eigenvalue weighted by Gasteiger charge is -2.27. The second kappa shape index (κ2) is 17.5. The van der Waals surface area contributed by atoms with E-state index in [0.29, 0.717) is 51.3 Å². The lowest BCUT2D eigenvalue weighted by molar-refractivity contribution is -0.136. The zero-order chi connectivity index (χ0) is 36.3. The molecular formula is C38H38N4O10. The molecule has 2 aromatic carbocycles. The van der Waals surface area contributed by atoms with Crippen LogP contribution in [0, 0.1) is 0 Å². The molecule has 0 aliphatic carbocycles. The minimum Gasteiger partial charge on any atom is -0.491 e. The molecule has 0 spiro atoms. The number of carbonyl (C=O) groups is 4. The molecule has 4 amide bonds. The second-order valence-corrected chi connectivity index (χ2v) is 11.7. The molecule has 0 saturated carbocycles. The highest BCUT2D eigenvalue weighted by Gasteiger charge is 2.44. The standard InChI is InChI=1S/C38H38N4O10/c1-47-35-22-25(12-13-39-35)2-4-27-5-3-26-23-28(7-9-32(26)40-27)51-20-18-49-16-14-48-15-17-50-19-21-52-29-6-8-30-31(24-29)38(46)42(37(30)45)33-10-11-34(43)41-36(33)44/h2-9,12-13,22-24,33H,10-11,14-21H2,1H3,(H,41,43,44)/b4-2+. The topological polar surface area (TPSA) is 165 Å². The lowest BCUT2D eigenvalue weighted by Crippen LogP contribution is -2.54. The van der Waals surface area contributed by atoms with E-state index in [2.05, 4.69) is 10.3 Å². The number of piperidine rings is 1. The lowest BCUT2D eigenvalue weighted by atomic mass is 10.0. The van der Waals surface area contributed by atoms with Crippen molar-refractivity contribution in [3.63, 3.8) is 0 Å². The molecular weight excluding hydrogens is 672 g/mol. The Balaban J connectivity index is 0.804. The van der Waals surface area contributed by atoms with E-state index >= 15 is 0 Å². The minimum absolute atomic E-state index is 0.0614. The molecule has 4 heterocycles. The van der Waals surface area contributed by atoms with Gasteiger partial charge < -0.3 is 28.4 Å². The highest BCUT2D eigenvalue weighted by atomic mass is 16.6. The summed E-state index contributed by atoms with van der Waals surface area (Å²) in [6.45, 7) is 2.87. The maximum atomic E-state index is 12.9. The molecule has 14 nitrogen and oxygen atoms in total. The Morgan fingerprint density at radius 2 is 1.42 bits per heavy atom. The summed E-state index contributed by atoms with van der Waals surface area (Å²) in [6.07, 6.45) is 5.77. The predicted molar refractivity (Wildman–Crippen MR) is 188 cm³/mol. The van der Waals surface area contributed by atoms with Crippen LogP contribution in [0.5, 0.6) is 17.4 Å². The summed E-state index contributed by atoms with van der Waals surface area (Å²) >= 11 is 0. The fourth-order valence-electron chi connectivity index (χ4n) is 5.64. The first-order valence-corrected chi connectivity index (χ1v) is 16.8. The van der Waals surface area contributed by atoms with Crippen molar-refractivity contribution >= 4 is 46.7 Å². The van der Waals surface area contributed by atoms with Crippen LogP contribution >= 0.6 is 0 Å². The number of amides is 4. The van der Waals surface area contributed by atoms with Gasteiger partial charge in [0.1, 0.15) is 30.8 Å². The van der Waals surface area contributed by atoms with Crippen LogP contribution in [0.25, 0.3) is 23.1 Å². The van der Waals surface area contributed by atoms with E-state index in [0.717, 1.165) is 32.8 Å². The van der Waals surface area contributed by atoms with Crippen molar-refractivity contribution in [2.24, 2.45) is 0 Å². The molecule has 1 saturated heterocycles. The SMILES string of the molecule is COc1cc(/C=C/c2ccc3cc(OCCOCCOCCOCCOc4ccc5c(c4)C(=O)N(C4CCC(=O)NC4=O)C5=O)ccc3n2)ccn1. The number of hydrogen-bond donors (Lipinski definition) is 1. The van der Waals surface area contributed by atoms with Crippen molar-refractivity contribution in [3.05, 3.63) is 89.2 Å². The summed E-state index contributed by atoms with van der Waals surface area (Å²) in [5.41, 5.74) is 3.02. The average Bonchev–Trinajstić information content (AvgIpc) is 3.40. The first-order valence-electron chi connectivity index (χ1n) is 16.8. The van der Waals surface area contributed by atoms with Crippen molar-refractivity contribution in [2.75, 3.05) is 60.0 Å². The maximum Gasteiger partial charge on any atom is 0.262 e. The van der Waals surface area contributed by atoms with Crippen molar-refractivity contribution in [3.8, 4) is 17.4 Å². The van der Waals surface area contributed by atoms with Crippen molar-refractivity contribution < 1.29 is 47.6 Å². The number of fused-ring (bicyclic) bond motifs is 2. The normalized spacial score (nSPS) is 15.7. The van der Waals surface area contributed by atoms with E-state index in [1.165, 1.54) is 12.1 Å². The fourth-order valence-corrected chi connectivity index (χ4v) is 5.64. The Kier molecular flexibility index (Phi) is 12.1. The molecule has 0 radical (unpaired) electrons. The molecule has 2 aliphatic heterocycles. The number of nitrogens with zero attached hydrogens (tertiary/aromatic N) is 3. The molecule has 1 atom stereocenters. The highest BCUT2D eigenvalue weighted by Crippen LogP contribution is 2.30. The zero-order valence-corrected chi connectivity index (χ0v) is 28.6. The van der Waals surface area contributed by atoms with Gasteiger partial charge in [0, 0.05) is 24.1 Å². The number of carbonyl (C=O) groups excluding carboxylic acids is 4. The van der Waals surface area contributed by atoms with Crippen LogP contribution in [0.4, 0.5) is 0 Å². The Labute approximate surface area is 299 Å². The van der Waals surface area contributed by atoms with Gasteiger partial charge >= 0.3 is 0 Å². The highest BCUT2D eigenvalue weighted by molar-refractivity contribution is 6.23. The summed E-state index contributed by atoms with van der Waals surface area (Å²) in [4.78, 5) is 59.2. The summed E-state index contributed by atoms with van der Waals surface area (Å²) in [5.74, 6) is -0.535. The molecule has 270 valence electrons. The average molecular weight is 711 g/mol. The van der Waals surface area contributed by atoms with Crippen LogP contribution in [0.3, 0.4) is 0 Å². The summed E-state index contributed by atoms with van der Waals surface area (Å²) in [5, 5.41) is 3.15. The monoisotopic (exact) mass is 710 g/mol. The van der Waals surface area contributed by atoms with Gasteiger partial charge in [0.2, 0.25) is 17.7 Å². The van der Waals surface area contributed by atoms with Crippen molar-refractivity contribution in [1.29, 1.82) is 0 Å². The van der Waals surface area contributed by atoms with E-state index in [4.69, 9.17) is 33.4 Å². The molecule has 6 rings (SSSR count). The first-order chi connectivity index (χ1) is 25.4. The molecule has 1 N–H and O–H groups in total. The Morgan fingerprint density at radius 1 is 0.750 bits per heavy atom. The number of imide groups is 2. The number of ether oxygens (including phenoxy) is 6. The van der Waals surface area contributed by atoms with Gasteiger partial charge in [-0.3, -0.25) is 29.4 Å². The third-order valence-electron chi connectivity index (χ3n) is 8.24. The number of benzene rings is 2. The van der Waals surface area contributed by atoms with Crippen LogP contribution < -0.4 is 19.5 Å². The predicted octanol–water partition coefficient (Wildman–Crippen LogP) is 3.72. The number of aromatic nitrogens is 2. The maximum absolute atomic E-state index is 12.9. The van der Waals surface area contributed by atoms with Crippen LogP contribution in [-0.2, 0) is 23.8 Å². The summed E-state index contributed by atoms with van der Waals surface area (Å²) < 4.78 is 33.4. The van der Waals surface area contributed by atoms with Gasteiger partial charge in [-0.15, -0.1) is 0 Å². The quantitative estimate of drug-likeness (QED) is 0.118. The number of hydrogen-bond acceptors (Lipinski definition) is 12. The Morgan fingerprint density at radius 3 is 2.13 bits per heavy atom. The number of methoxy groups -OCH3 is 1. The van der Waals surface area contributed by atoms with Crippen molar-refractivity contribution in [2.45, 2.75) is 18.9 Å². The molecule has 4 aromatic rings. The van der Waals surface area contributed by atoms with Crippen LogP contribution in [0.2, 0.25) is 0 Å². The van der Waals surface area contributed by atoms with E-state index in [-0.39, 0.29) is 37.2 Å². The number of rotatable bonds is 18. The smallest absolute Gasteiger partial charge is 0.262 e. The van der Waals surface area contributed by atoms with Gasteiger partial charge in [-0.2, -0.15) is 0 Å². The molecule has 2 aliphatic rings. The number of pyridine rings is 2. The molecule has 1 fully saturated rings. The van der Waals surface area contributed by atoms with Crippen molar-refractivity contribution in [1.82, 2.24) is 20.2 Å². The van der Waals surface area contributed by atoms with Crippen LogP contribution in [0.1, 0.15) is 44.8 Å². The van der Waals surface area contributed by atoms with E-state index < -0.39 is 29.7 Å². The first kappa shape index (κ1) is 36.1. The second-order valence-electron chi connectivity index (χ2n) is 11.7. The fraction of sp³-hybridized carbons (Fsp3) is 0.316. The molecule has 52 heavy (non-hydrogen) atoms. The summed E-state index contributed by atoms with van der Waals surface area (Å²) in [6, 6.07) is 17.0.